The van der Waals surface area contributed by atoms with Crippen LogP contribution < -0.4 is 5.73 Å². The topological polar surface area (TPSA) is 104 Å². The third-order valence-corrected chi connectivity index (χ3v) is 5.06. The van der Waals surface area contributed by atoms with Gasteiger partial charge in [-0.05, 0) is 30.9 Å². The first-order valence-corrected chi connectivity index (χ1v) is 8.72. The molecule has 0 radical (unpaired) electrons. The zero-order chi connectivity index (χ0) is 17.4. The van der Waals surface area contributed by atoms with Crippen LogP contribution in [0.25, 0.3) is 11.0 Å². The molecule has 1 aliphatic heterocycles. The van der Waals surface area contributed by atoms with Gasteiger partial charge in [-0.3, -0.25) is 9.89 Å². The van der Waals surface area contributed by atoms with E-state index in [9.17, 15) is 4.79 Å². The molecule has 2 aromatic heterocycles. The Labute approximate surface area is 149 Å². The van der Waals surface area contributed by atoms with E-state index in [1.807, 2.05) is 29.2 Å². The van der Waals surface area contributed by atoms with E-state index in [2.05, 4.69) is 20.2 Å². The van der Waals surface area contributed by atoms with E-state index in [0.29, 0.717) is 19.0 Å². The largest absolute Gasteiger partial charge is 0.381 e. The van der Waals surface area contributed by atoms with E-state index < -0.39 is 0 Å². The molecular formula is C17H19ClN6O. The fourth-order valence-electron chi connectivity index (χ4n) is 3.43. The monoisotopic (exact) mass is 358 g/mol. The number of nitrogens with two attached hydrogens (primary N) is 1. The normalized spacial score (nSPS) is 18.0. The summed E-state index contributed by atoms with van der Waals surface area (Å²) in [6.45, 7) is 1.38. The first kappa shape index (κ1) is 16.0. The van der Waals surface area contributed by atoms with Gasteiger partial charge >= 0.3 is 0 Å². The fourth-order valence-corrected chi connectivity index (χ4v) is 3.60. The number of H-pyrrole nitrogens is 2. The van der Waals surface area contributed by atoms with Gasteiger partial charge in [0.1, 0.15) is 16.5 Å². The number of para-hydroxylation sites is 2. The first-order chi connectivity index (χ1) is 12.1. The van der Waals surface area contributed by atoms with Gasteiger partial charge in [0.25, 0.3) is 5.91 Å². The molecule has 1 fully saturated rings. The summed E-state index contributed by atoms with van der Waals surface area (Å²) in [5.74, 6) is 1.32. The highest BCUT2D eigenvalue weighted by Crippen LogP contribution is 2.25. The molecule has 130 valence electrons. The number of benzene rings is 1. The van der Waals surface area contributed by atoms with E-state index in [1.165, 1.54) is 0 Å². The van der Waals surface area contributed by atoms with Crippen molar-refractivity contribution in [3.8, 4) is 0 Å². The zero-order valence-corrected chi connectivity index (χ0v) is 14.4. The number of nitrogens with zero attached hydrogens (tertiary/aromatic N) is 3. The van der Waals surface area contributed by atoms with E-state index in [0.717, 1.165) is 36.1 Å². The lowest BCUT2D eigenvalue weighted by molar-refractivity contribution is 0.0666. The molecule has 4 N–H and O–H groups in total. The standard InChI is InChI=1S/C17H19ClN6O/c18-14-15(22-23-16(14)19)17(25)24-7-3-4-10(9-24)8-13-20-11-5-1-2-6-12(11)21-13/h1-2,5-6,10H,3-4,7-9H2,(H,20,21)(H3,19,22,23). The minimum atomic E-state index is -0.150. The third kappa shape index (κ3) is 3.07. The molecule has 0 saturated carbocycles. The second-order valence-electron chi connectivity index (χ2n) is 6.46. The molecule has 1 atom stereocenters. The van der Waals surface area contributed by atoms with Crippen LogP contribution >= 0.6 is 11.6 Å². The van der Waals surface area contributed by atoms with Crippen molar-refractivity contribution in [3.63, 3.8) is 0 Å². The Bertz CT molecular complexity index is 884. The fraction of sp³-hybridized carbons (Fsp3) is 0.353. The Morgan fingerprint density at radius 1 is 1.40 bits per heavy atom. The number of aromatic amines is 2. The zero-order valence-electron chi connectivity index (χ0n) is 13.6. The molecule has 3 aromatic rings. The molecule has 0 spiro atoms. The van der Waals surface area contributed by atoms with Crippen LogP contribution in [-0.2, 0) is 6.42 Å². The number of piperidine rings is 1. The molecule has 1 aliphatic rings. The smallest absolute Gasteiger partial charge is 0.273 e. The predicted octanol–water partition coefficient (Wildman–Crippen LogP) is 2.62. The lowest BCUT2D eigenvalue weighted by Crippen LogP contribution is -2.40. The van der Waals surface area contributed by atoms with Crippen molar-refractivity contribution in [2.75, 3.05) is 18.8 Å². The van der Waals surface area contributed by atoms with Gasteiger partial charge in [-0.15, -0.1) is 0 Å². The summed E-state index contributed by atoms with van der Waals surface area (Å²) in [6.07, 6.45) is 2.84. The van der Waals surface area contributed by atoms with Crippen LogP contribution in [0.5, 0.6) is 0 Å². The molecule has 25 heavy (non-hydrogen) atoms. The van der Waals surface area contributed by atoms with Crippen molar-refractivity contribution in [2.24, 2.45) is 5.92 Å². The Kier molecular flexibility index (Phi) is 4.09. The van der Waals surface area contributed by atoms with E-state index in [4.69, 9.17) is 17.3 Å². The van der Waals surface area contributed by atoms with Crippen LogP contribution in [0.4, 0.5) is 5.82 Å². The van der Waals surface area contributed by atoms with E-state index in [1.54, 1.807) is 0 Å². The summed E-state index contributed by atoms with van der Waals surface area (Å²) in [6, 6.07) is 7.99. The number of hydrogen-bond donors (Lipinski definition) is 3. The van der Waals surface area contributed by atoms with Gasteiger partial charge in [0, 0.05) is 19.5 Å². The average Bonchev–Trinajstić information content (AvgIpc) is 3.17. The highest BCUT2D eigenvalue weighted by Gasteiger charge is 2.28. The summed E-state index contributed by atoms with van der Waals surface area (Å²) < 4.78 is 0. The molecule has 0 bridgehead atoms. The van der Waals surface area contributed by atoms with E-state index in [-0.39, 0.29) is 22.4 Å². The number of nitrogens with one attached hydrogen (secondary N) is 2. The van der Waals surface area contributed by atoms with Gasteiger partial charge in [-0.25, -0.2) is 4.98 Å². The maximum absolute atomic E-state index is 12.7. The summed E-state index contributed by atoms with van der Waals surface area (Å²) in [5.41, 5.74) is 7.90. The van der Waals surface area contributed by atoms with Crippen LogP contribution in [0, 0.1) is 5.92 Å². The molecule has 3 heterocycles. The second-order valence-corrected chi connectivity index (χ2v) is 6.84. The quantitative estimate of drug-likeness (QED) is 0.669. The number of amides is 1. The van der Waals surface area contributed by atoms with Crippen molar-refractivity contribution < 1.29 is 4.79 Å². The Morgan fingerprint density at radius 3 is 3.00 bits per heavy atom. The molecule has 1 saturated heterocycles. The number of carbonyl (C=O) groups is 1. The van der Waals surface area contributed by atoms with Gasteiger partial charge in [0.2, 0.25) is 0 Å². The average molecular weight is 359 g/mol. The second kappa shape index (κ2) is 6.40. The van der Waals surface area contributed by atoms with Crippen LogP contribution in [0.3, 0.4) is 0 Å². The van der Waals surface area contributed by atoms with Crippen molar-refractivity contribution >= 4 is 34.4 Å². The Morgan fingerprint density at radius 2 is 2.24 bits per heavy atom. The van der Waals surface area contributed by atoms with Crippen molar-refractivity contribution in [3.05, 3.63) is 40.8 Å². The van der Waals surface area contributed by atoms with Crippen LogP contribution in [0.15, 0.2) is 24.3 Å². The molecule has 0 aliphatic carbocycles. The third-order valence-electron chi connectivity index (χ3n) is 4.67. The van der Waals surface area contributed by atoms with Crippen LogP contribution in [0.1, 0.15) is 29.2 Å². The van der Waals surface area contributed by atoms with Gasteiger partial charge in [-0.1, -0.05) is 23.7 Å². The van der Waals surface area contributed by atoms with Crippen LogP contribution in [-0.4, -0.2) is 44.1 Å². The Balaban J connectivity index is 1.47. The summed E-state index contributed by atoms with van der Waals surface area (Å²) in [5, 5.41) is 6.64. The minimum Gasteiger partial charge on any atom is -0.381 e. The number of anilines is 1. The number of imidazole rings is 1. The predicted molar refractivity (Wildman–Crippen MR) is 96.4 cm³/mol. The van der Waals surface area contributed by atoms with Gasteiger partial charge in [0.05, 0.1) is 11.0 Å². The van der Waals surface area contributed by atoms with Gasteiger partial charge in [-0.2, -0.15) is 5.10 Å². The number of rotatable bonds is 3. The molecule has 7 nitrogen and oxygen atoms in total. The van der Waals surface area contributed by atoms with Crippen molar-refractivity contribution in [2.45, 2.75) is 19.3 Å². The molecule has 1 aromatic carbocycles. The molecule has 1 amide bonds. The highest BCUT2D eigenvalue weighted by molar-refractivity contribution is 6.35. The number of likely N-dealkylation sites (tertiary alicyclic amines) is 1. The molecular weight excluding hydrogens is 340 g/mol. The molecule has 1 unspecified atom stereocenters. The van der Waals surface area contributed by atoms with Gasteiger partial charge in [0.15, 0.2) is 5.82 Å². The highest BCUT2D eigenvalue weighted by atomic mass is 35.5. The summed E-state index contributed by atoms with van der Waals surface area (Å²) >= 11 is 6.05. The number of hydrogen-bond acceptors (Lipinski definition) is 4. The van der Waals surface area contributed by atoms with Crippen molar-refractivity contribution in [1.29, 1.82) is 0 Å². The minimum absolute atomic E-state index is 0.150. The lowest BCUT2D eigenvalue weighted by atomic mass is 9.94. The van der Waals surface area contributed by atoms with Gasteiger partial charge < -0.3 is 15.6 Å². The number of halogens is 1. The number of nitrogen functional groups attached to an aromatic ring is 1. The Hall–Kier alpha value is -2.54. The number of fused-ring (bicyclic) bond motifs is 1. The molecule has 8 heteroatoms. The first-order valence-electron chi connectivity index (χ1n) is 8.34. The maximum Gasteiger partial charge on any atom is 0.273 e. The number of carbonyl (C=O) groups excluding carboxylic acids is 1. The van der Waals surface area contributed by atoms with Crippen LogP contribution in [0.2, 0.25) is 5.02 Å². The lowest BCUT2D eigenvalue weighted by Gasteiger charge is -2.32. The van der Waals surface area contributed by atoms with Crippen molar-refractivity contribution in [1.82, 2.24) is 25.1 Å². The number of aromatic nitrogens is 4. The summed E-state index contributed by atoms with van der Waals surface area (Å²) in [4.78, 5) is 22.5. The maximum atomic E-state index is 12.7. The molecule has 4 rings (SSSR count). The summed E-state index contributed by atoms with van der Waals surface area (Å²) in [7, 11) is 0. The van der Waals surface area contributed by atoms with E-state index >= 15 is 0 Å². The SMILES string of the molecule is Nc1n[nH]c(C(=O)N2CCCC(Cc3nc4ccccc4[nH]3)C2)c1Cl.